The van der Waals surface area contributed by atoms with Crippen LogP contribution < -0.4 is 5.32 Å². The second-order valence-electron chi connectivity index (χ2n) is 5.37. The Morgan fingerprint density at radius 2 is 1.96 bits per heavy atom. The Kier molecular flexibility index (Phi) is 5.99. The highest BCUT2D eigenvalue weighted by molar-refractivity contribution is 6.35. The first-order chi connectivity index (χ1) is 10.9. The number of nitrogens with zero attached hydrogens (tertiary/aromatic N) is 1. The molecule has 0 aliphatic rings. The summed E-state index contributed by atoms with van der Waals surface area (Å²) in [6, 6.07) is 10.9. The molecule has 1 amide bonds. The molecule has 0 spiro atoms. The van der Waals surface area contributed by atoms with Crippen molar-refractivity contribution in [1.29, 1.82) is 0 Å². The van der Waals surface area contributed by atoms with Crippen molar-refractivity contribution in [3.63, 3.8) is 0 Å². The van der Waals surface area contributed by atoms with Crippen LogP contribution in [-0.2, 0) is 0 Å². The van der Waals surface area contributed by atoms with Crippen LogP contribution in [0.15, 0.2) is 42.5 Å². The molecule has 6 heteroatoms. The largest absolute Gasteiger partial charge is 0.350 e. The number of carbonyl (C=O) groups is 1. The molecule has 2 rings (SSSR count). The van der Waals surface area contributed by atoms with Crippen LogP contribution in [0.25, 0.3) is 0 Å². The van der Waals surface area contributed by atoms with E-state index in [1.165, 1.54) is 18.2 Å². The van der Waals surface area contributed by atoms with Crippen LogP contribution in [0.4, 0.5) is 4.39 Å². The highest BCUT2D eigenvalue weighted by Gasteiger charge is 2.17. The minimum Gasteiger partial charge on any atom is -0.350 e. The maximum absolute atomic E-state index is 13.4. The van der Waals surface area contributed by atoms with Crippen LogP contribution in [0.3, 0.4) is 0 Å². The molecule has 0 aromatic heterocycles. The summed E-state index contributed by atoms with van der Waals surface area (Å²) in [5.41, 5.74) is 1.10. The normalized spacial score (nSPS) is 12.3. The minimum atomic E-state index is -0.319. The first-order valence-corrected chi connectivity index (χ1v) is 7.79. The van der Waals surface area contributed by atoms with E-state index in [1.807, 2.05) is 25.1 Å². The number of carbonyl (C=O) groups excluding carboxylic acids is 1. The second-order valence-corrected chi connectivity index (χ2v) is 6.21. The molecule has 1 unspecified atom stereocenters. The van der Waals surface area contributed by atoms with E-state index < -0.39 is 0 Å². The lowest BCUT2D eigenvalue weighted by molar-refractivity contribution is 0.0942. The zero-order chi connectivity index (χ0) is 17.0. The third-order valence-electron chi connectivity index (χ3n) is 3.49. The van der Waals surface area contributed by atoms with Gasteiger partial charge in [-0.3, -0.25) is 4.79 Å². The summed E-state index contributed by atoms with van der Waals surface area (Å²) in [6.45, 7) is 0.318. The summed E-state index contributed by atoms with van der Waals surface area (Å²) in [5, 5.41) is 3.59. The lowest BCUT2D eigenvalue weighted by Gasteiger charge is -2.25. The fraction of sp³-hybridized carbons (Fsp3) is 0.235. The Morgan fingerprint density at radius 1 is 1.22 bits per heavy atom. The van der Waals surface area contributed by atoms with Crippen molar-refractivity contribution in [3.8, 4) is 0 Å². The quantitative estimate of drug-likeness (QED) is 0.873. The molecule has 0 heterocycles. The van der Waals surface area contributed by atoms with Crippen LogP contribution in [0.1, 0.15) is 22.0 Å². The summed E-state index contributed by atoms with van der Waals surface area (Å²) in [6.07, 6.45) is 0. The summed E-state index contributed by atoms with van der Waals surface area (Å²) in [5.74, 6) is -0.626. The second kappa shape index (κ2) is 7.77. The van der Waals surface area contributed by atoms with E-state index in [9.17, 15) is 9.18 Å². The standard InChI is InChI=1S/C17H17Cl2FN2O/c1-22(2)16(11-4-3-5-13(20)8-11)10-21-17(23)14-9-12(18)6-7-15(14)19/h3-9,16H,10H2,1-2H3,(H,21,23). The predicted octanol–water partition coefficient (Wildman–Crippen LogP) is 4.17. The van der Waals surface area contributed by atoms with Gasteiger partial charge < -0.3 is 10.2 Å². The van der Waals surface area contributed by atoms with E-state index in [-0.39, 0.29) is 17.8 Å². The van der Waals surface area contributed by atoms with Gasteiger partial charge in [0.15, 0.2) is 0 Å². The lowest BCUT2D eigenvalue weighted by atomic mass is 10.1. The predicted molar refractivity (Wildman–Crippen MR) is 91.6 cm³/mol. The van der Waals surface area contributed by atoms with Gasteiger partial charge in [0.2, 0.25) is 0 Å². The Bertz CT molecular complexity index is 707. The van der Waals surface area contributed by atoms with Crippen LogP contribution in [0, 0.1) is 5.82 Å². The van der Waals surface area contributed by atoms with Crippen LogP contribution in [0.5, 0.6) is 0 Å². The first-order valence-electron chi connectivity index (χ1n) is 7.03. The summed E-state index contributed by atoms with van der Waals surface area (Å²) < 4.78 is 13.4. The van der Waals surface area contributed by atoms with Gasteiger partial charge in [-0.25, -0.2) is 4.39 Å². The maximum atomic E-state index is 13.4. The number of hydrogen-bond donors (Lipinski definition) is 1. The number of benzene rings is 2. The van der Waals surface area contributed by atoms with Crippen LogP contribution >= 0.6 is 23.2 Å². The number of rotatable bonds is 5. The van der Waals surface area contributed by atoms with Crippen molar-refractivity contribution >= 4 is 29.1 Å². The third kappa shape index (κ3) is 4.67. The van der Waals surface area contributed by atoms with E-state index in [2.05, 4.69) is 5.32 Å². The number of halogens is 3. The van der Waals surface area contributed by atoms with E-state index in [4.69, 9.17) is 23.2 Å². The molecule has 122 valence electrons. The van der Waals surface area contributed by atoms with Gasteiger partial charge in [0.25, 0.3) is 5.91 Å². The average molecular weight is 355 g/mol. The molecule has 2 aromatic carbocycles. The Hall–Kier alpha value is -1.62. The summed E-state index contributed by atoms with van der Waals surface area (Å²) in [4.78, 5) is 14.2. The average Bonchev–Trinajstić information content (AvgIpc) is 2.49. The topological polar surface area (TPSA) is 32.3 Å². The van der Waals surface area contributed by atoms with Gasteiger partial charge in [0, 0.05) is 11.6 Å². The fourth-order valence-electron chi connectivity index (χ4n) is 2.27. The summed E-state index contributed by atoms with van der Waals surface area (Å²) in [7, 11) is 3.74. The van der Waals surface area contributed by atoms with Gasteiger partial charge in [-0.1, -0.05) is 35.3 Å². The van der Waals surface area contributed by atoms with E-state index >= 15 is 0 Å². The van der Waals surface area contributed by atoms with Crippen molar-refractivity contribution in [1.82, 2.24) is 10.2 Å². The third-order valence-corrected chi connectivity index (χ3v) is 4.05. The number of nitrogens with one attached hydrogen (secondary N) is 1. The number of hydrogen-bond acceptors (Lipinski definition) is 2. The van der Waals surface area contributed by atoms with Gasteiger partial charge in [-0.15, -0.1) is 0 Å². The molecule has 0 saturated carbocycles. The highest BCUT2D eigenvalue weighted by Crippen LogP contribution is 2.22. The molecule has 2 aromatic rings. The monoisotopic (exact) mass is 354 g/mol. The molecule has 0 aliphatic heterocycles. The lowest BCUT2D eigenvalue weighted by Crippen LogP contribution is -2.34. The molecule has 3 nitrogen and oxygen atoms in total. The van der Waals surface area contributed by atoms with Gasteiger partial charge >= 0.3 is 0 Å². The molecular formula is C17H17Cl2FN2O. The molecule has 0 fully saturated rings. The molecule has 23 heavy (non-hydrogen) atoms. The van der Waals surface area contributed by atoms with E-state index in [0.29, 0.717) is 22.2 Å². The number of amides is 1. The Balaban J connectivity index is 2.13. The van der Waals surface area contributed by atoms with Crippen molar-refractivity contribution in [2.45, 2.75) is 6.04 Å². The van der Waals surface area contributed by atoms with Gasteiger partial charge in [-0.05, 0) is 50.0 Å². The van der Waals surface area contributed by atoms with Gasteiger partial charge in [0.1, 0.15) is 5.82 Å². The zero-order valence-corrected chi connectivity index (χ0v) is 14.3. The Morgan fingerprint density at radius 3 is 2.61 bits per heavy atom. The van der Waals surface area contributed by atoms with Crippen molar-refractivity contribution in [2.24, 2.45) is 0 Å². The van der Waals surface area contributed by atoms with Gasteiger partial charge in [-0.2, -0.15) is 0 Å². The van der Waals surface area contributed by atoms with Gasteiger partial charge in [0.05, 0.1) is 16.6 Å². The SMILES string of the molecule is CN(C)C(CNC(=O)c1cc(Cl)ccc1Cl)c1cccc(F)c1. The molecule has 0 bridgehead atoms. The van der Waals surface area contributed by atoms with Crippen molar-refractivity contribution in [3.05, 3.63) is 69.5 Å². The fourth-order valence-corrected chi connectivity index (χ4v) is 2.64. The van der Waals surface area contributed by atoms with E-state index in [1.54, 1.807) is 18.2 Å². The van der Waals surface area contributed by atoms with Crippen molar-refractivity contribution < 1.29 is 9.18 Å². The maximum Gasteiger partial charge on any atom is 0.252 e. The van der Waals surface area contributed by atoms with E-state index in [0.717, 1.165) is 5.56 Å². The minimum absolute atomic E-state index is 0.160. The molecule has 0 radical (unpaired) electrons. The molecule has 1 N–H and O–H groups in total. The Labute approximate surface area is 145 Å². The van der Waals surface area contributed by atoms with Crippen molar-refractivity contribution in [2.75, 3.05) is 20.6 Å². The first kappa shape index (κ1) is 17.7. The molecule has 0 saturated heterocycles. The zero-order valence-electron chi connectivity index (χ0n) is 12.8. The van der Waals surface area contributed by atoms with Crippen LogP contribution in [0.2, 0.25) is 10.0 Å². The molecule has 1 atom stereocenters. The molecular weight excluding hydrogens is 338 g/mol. The highest BCUT2D eigenvalue weighted by atomic mass is 35.5. The smallest absolute Gasteiger partial charge is 0.252 e. The summed E-state index contributed by atoms with van der Waals surface area (Å²) >= 11 is 11.9. The number of likely N-dealkylation sites (N-methyl/N-ethyl adjacent to an activating group) is 1. The van der Waals surface area contributed by atoms with Crippen LogP contribution in [-0.4, -0.2) is 31.4 Å². The molecule has 0 aliphatic carbocycles.